The second kappa shape index (κ2) is 8.77. The van der Waals surface area contributed by atoms with Crippen LogP contribution < -0.4 is 9.80 Å². The van der Waals surface area contributed by atoms with E-state index in [-0.39, 0.29) is 18.5 Å². The summed E-state index contributed by atoms with van der Waals surface area (Å²) in [6, 6.07) is 9.18. The van der Waals surface area contributed by atoms with E-state index in [1.807, 2.05) is 24.3 Å². The fourth-order valence-electron chi connectivity index (χ4n) is 3.50. The molecule has 9 heteroatoms. The zero-order chi connectivity index (χ0) is 20.2. The highest BCUT2D eigenvalue weighted by atomic mass is 79.9. The number of aromatic nitrogens is 2. The molecule has 2 aliphatic rings. The van der Waals surface area contributed by atoms with E-state index in [0.29, 0.717) is 38.4 Å². The Hall–Kier alpha value is -2.68. The van der Waals surface area contributed by atoms with Crippen LogP contribution in [0.5, 0.6) is 0 Å². The molecule has 0 saturated carbocycles. The maximum absolute atomic E-state index is 12.4. The molecule has 0 bridgehead atoms. The number of ether oxygens (including phenoxy) is 2. The molecule has 2 aromatic rings. The SMILES string of the molecule is O=C(OCC1CN(c2ccc(Br)cc2)C(=O)O1)C1CCN(c2ncccn2)CC1. The average Bonchev–Trinajstić information content (AvgIpc) is 3.14. The highest BCUT2D eigenvalue weighted by molar-refractivity contribution is 9.10. The van der Waals surface area contributed by atoms with Crippen molar-refractivity contribution in [3.63, 3.8) is 0 Å². The van der Waals surface area contributed by atoms with Crippen LogP contribution in [0.15, 0.2) is 47.2 Å². The van der Waals surface area contributed by atoms with Gasteiger partial charge >= 0.3 is 12.1 Å². The molecule has 4 rings (SSSR count). The number of rotatable bonds is 5. The molecule has 1 amide bonds. The summed E-state index contributed by atoms with van der Waals surface area (Å²) < 4.78 is 11.7. The maximum Gasteiger partial charge on any atom is 0.414 e. The first-order valence-electron chi connectivity index (χ1n) is 9.52. The van der Waals surface area contributed by atoms with Crippen LogP contribution in [0, 0.1) is 5.92 Å². The van der Waals surface area contributed by atoms with Gasteiger partial charge in [-0.2, -0.15) is 0 Å². The van der Waals surface area contributed by atoms with Crippen molar-refractivity contribution >= 4 is 39.6 Å². The zero-order valence-electron chi connectivity index (χ0n) is 15.7. The van der Waals surface area contributed by atoms with Crippen molar-refractivity contribution in [2.75, 3.05) is 36.0 Å². The van der Waals surface area contributed by atoms with E-state index in [0.717, 1.165) is 10.2 Å². The Bertz CT molecular complexity index is 857. The van der Waals surface area contributed by atoms with Crippen LogP contribution in [-0.4, -0.2) is 54.4 Å². The number of esters is 1. The zero-order valence-corrected chi connectivity index (χ0v) is 17.3. The molecule has 0 spiro atoms. The second-order valence-corrected chi connectivity index (χ2v) is 7.95. The summed E-state index contributed by atoms with van der Waals surface area (Å²) in [6.07, 6.45) is 3.91. The number of amides is 1. The summed E-state index contributed by atoms with van der Waals surface area (Å²) in [5, 5.41) is 0. The first kappa shape index (κ1) is 19.6. The number of piperidine rings is 1. The molecule has 1 unspecified atom stereocenters. The molecule has 0 aliphatic carbocycles. The maximum atomic E-state index is 12.4. The van der Waals surface area contributed by atoms with Gasteiger partial charge in [-0.15, -0.1) is 0 Å². The van der Waals surface area contributed by atoms with E-state index >= 15 is 0 Å². The molecule has 2 aliphatic heterocycles. The summed E-state index contributed by atoms with van der Waals surface area (Å²) >= 11 is 3.37. The van der Waals surface area contributed by atoms with Crippen molar-refractivity contribution in [1.82, 2.24) is 9.97 Å². The molecule has 1 aromatic heterocycles. The van der Waals surface area contributed by atoms with Gasteiger partial charge in [0, 0.05) is 35.6 Å². The van der Waals surface area contributed by atoms with E-state index in [1.54, 1.807) is 23.4 Å². The lowest BCUT2D eigenvalue weighted by Gasteiger charge is -2.30. The van der Waals surface area contributed by atoms with Gasteiger partial charge in [-0.05, 0) is 43.2 Å². The number of anilines is 2. The molecule has 3 heterocycles. The minimum Gasteiger partial charge on any atom is -0.461 e. The fourth-order valence-corrected chi connectivity index (χ4v) is 3.77. The smallest absolute Gasteiger partial charge is 0.414 e. The van der Waals surface area contributed by atoms with Gasteiger partial charge in [-0.3, -0.25) is 9.69 Å². The summed E-state index contributed by atoms with van der Waals surface area (Å²) in [7, 11) is 0. The van der Waals surface area contributed by atoms with Gasteiger partial charge < -0.3 is 14.4 Å². The van der Waals surface area contributed by atoms with Gasteiger partial charge in [0.25, 0.3) is 0 Å². The number of halogens is 1. The van der Waals surface area contributed by atoms with Gasteiger partial charge in [0.1, 0.15) is 6.61 Å². The molecule has 0 N–H and O–H groups in total. The Morgan fingerprint density at radius 2 is 1.86 bits per heavy atom. The fraction of sp³-hybridized carbons (Fsp3) is 0.400. The standard InChI is InChI=1S/C20H21BrN4O4/c21-15-2-4-16(5-3-15)25-12-17(29-20(25)27)13-28-18(26)14-6-10-24(11-7-14)19-22-8-1-9-23-19/h1-5,8-9,14,17H,6-7,10-13H2. The first-order chi connectivity index (χ1) is 14.1. The van der Waals surface area contributed by atoms with Crippen LogP contribution in [0.1, 0.15) is 12.8 Å². The van der Waals surface area contributed by atoms with E-state index in [1.165, 1.54) is 0 Å². The van der Waals surface area contributed by atoms with Crippen molar-refractivity contribution in [1.29, 1.82) is 0 Å². The Kier molecular flexibility index (Phi) is 5.94. The average molecular weight is 461 g/mol. The van der Waals surface area contributed by atoms with E-state index < -0.39 is 12.2 Å². The largest absolute Gasteiger partial charge is 0.461 e. The number of nitrogens with zero attached hydrogens (tertiary/aromatic N) is 4. The van der Waals surface area contributed by atoms with Crippen LogP contribution in [-0.2, 0) is 14.3 Å². The minimum absolute atomic E-state index is 0.0691. The Labute approximate surface area is 177 Å². The van der Waals surface area contributed by atoms with E-state index in [2.05, 4.69) is 30.8 Å². The minimum atomic E-state index is -0.465. The third-order valence-corrected chi connectivity index (χ3v) is 5.62. The normalized spacial score (nSPS) is 19.9. The van der Waals surface area contributed by atoms with Crippen LogP contribution >= 0.6 is 15.9 Å². The molecule has 1 aromatic carbocycles. The number of cyclic esters (lactones) is 1. The molecular weight excluding hydrogens is 440 g/mol. The number of carbonyl (C=O) groups excluding carboxylic acids is 2. The number of benzene rings is 1. The predicted molar refractivity (Wildman–Crippen MR) is 110 cm³/mol. The van der Waals surface area contributed by atoms with Crippen molar-refractivity contribution in [2.24, 2.45) is 5.92 Å². The topological polar surface area (TPSA) is 84.9 Å². The molecule has 29 heavy (non-hydrogen) atoms. The van der Waals surface area contributed by atoms with Crippen LogP contribution in [0.25, 0.3) is 0 Å². The monoisotopic (exact) mass is 460 g/mol. The van der Waals surface area contributed by atoms with Crippen molar-refractivity contribution < 1.29 is 19.1 Å². The highest BCUT2D eigenvalue weighted by Crippen LogP contribution is 2.25. The second-order valence-electron chi connectivity index (χ2n) is 7.03. The van der Waals surface area contributed by atoms with Crippen LogP contribution in [0.3, 0.4) is 0 Å². The lowest BCUT2D eigenvalue weighted by molar-refractivity contribution is -0.151. The molecule has 0 radical (unpaired) electrons. The van der Waals surface area contributed by atoms with Crippen molar-refractivity contribution in [3.05, 3.63) is 47.2 Å². The van der Waals surface area contributed by atoms with Gasteiger partial charge in [-0.1, -0.05) is 15.9 Å². The number of carbonyl (C=O) groups is 2. The third kappa shape index (κ3) is 4.67. The molecule has 1 atom stereocenters. The predicted octanol–water partition coefficient (Wildman–Crippen LogP) is 3.02. The van der Waals surface area contributed by atoms with Gasteiger partial charge in [0.05, 0.1) is 12.5 Å². The first-order valence-corrected chi connectivity index (χ1v) is 10.3. The molecule has 2 fully saturated rings. The van der Waals surface area contributed by atoms with Crippen LogP contribution in [0.2, 0.25) is 0 Å². The molecule has 8 nitrogen and oxygen atoms in total. The van der Waals surface area contributed by atoms with Gasteiger partial charge in [-0.25, -0.2) is 14.8 Å². The lowest BCUT2D eigenvalue weighted by Crippen LogP contribution is -2.38. The Morgan fingerprint density at radius 1 is 1.17 bits per heavy atom. The molecule has 2 saturated heterocycles. The van der Waals surface area contributed by atoms with Gasteiger partial charge in [0.15, 0.2) is 6.10 Å². The lowest BCUT2D eigenvalue weighted by atomic mass is 9.97. The Balaban J connectivity index is 1.24. The molecular formula is C20H21BrN4O4. The summed E-state index contributed by atoms with van der Waals surface area (Å²) in [4.78, 5) is 36.7. The summed E-state index contributed by atoms with van der Waals surface area (Å²) in [5.41, 5.74) is 0.752. The number of hydrogen-bond acceptors (Lipinski definition) is 7. The van der Waals surface area contributed by atoms with E-state index in [4.69, 9.17) is 9.47 Å². The third-order valence-electron chi connectivity index (χ3n) is 5.09. The summed E-state index contributed by atoms with van der Waals surface area (Å²) in [5.74, 6) is 0.289. The quantitative estimate of drug-likeness (QED) is 0.633. The number of hydrogen-bond donors (Lipinski definition) is 0. The van der Waals surface area contributed by atoms with Crippen LogP contribution in [0.4, 0.5) is 16.4 Å². The van der Waals surface area contributed by atoms with Gasteiger partial charge in [0.2, 0.25) is 5.95 Å². The summed E-state index contributed by atoms with van der Waals surface area (Å²) in [6.45, 7) is 1.84. The van der Waals surface area contributed by atoms with E-state index in [9.17, 15) is 9.59 Å². The van der Waals surface area contributed by atoms with Crippen molar-refractivity contribution in [2.45, 2.75) is 18.9 Å². The Morgan fingerprint density at radius 3 is 2.55 bits per heavy atom. The molecule has 152 valence electrons. The van der Waals surface area contributed by atoms with Crippen molar-refractivity contribution in [3.8, 4) is 0 Å². The highest BCUT2D eigenvalue weighted by Gasteiger charge is 2.34.